The van der Waals surface area contributed by atoms with E-state index in [9.17, 15) is 4.79 Å². The number of ketones is 1. The first-order valence-corrected chi connectivity index (χ1v) is 2.73. The van der Waals surface area contributed by atoms with E-state index >= 15 is 0 Å². The molecular formula is C8H10O. The molecule has 0 unspecified atom stereocenters. The lowest BCUT2D eigenvalue weighted by molar-refractivity contribution is -0.112. The molecule has 0 saturated carbocycles. The van der Waals surface area contributed by atoms with Crippen molar-refractivity contribution in [1.82, 2.24) is 0 Å². The van der Waals surface area contributed by atoms with Gasteiger partial charge in [0, 0.05) is 0 Å². The van der Waals surface area contributed by atoms with Gasteiger partial charge in [0.15, 0.2) is 5.78 Å². The maximum absolute atomic E-state index is 10.3. The summed E-state index contributed by atoms with van der Waals surface area (Å²) in [6.45, 7) is 4.98. The molecule has 0 N–H and O–H groups in total. The molecule has 48 valence electrons. The first-order valence-electron chi connectivity index (χ1n) is 2.73. The van der Waals surface area contributed by atoms with E-state index in [2.05, 4.69) is 6.58 Å². The molecule has 0 fully saturated rings. The van der Waals surface area contributed by atoms with E-state index in [4.69, 9.17) is 0 Å². The van der Waals surface area contributed by atoms with E-state index in [1.165, 1.54) is 13.0 Å². The van der Waals surface area contributed by atoms with Crippen LogP contribution in [0.2, 0.25) is 0 Å². The highest BCUT2D eigenvalue weighted by Gasteiger charge is 1.75. The third kappa shape index (κ3) is 6.89. The maximum Gasteiger partial charge on any atom is 0.152 e. The normalized spacial score (nSPS) is 10.8. The SMILES string of the molecule is C=C/C=C/C=C\C(C)=O. The van der Waals surface area contributed by atoms with Crippen LogP contribution in [-0.4, -0.2) is 5.78 Å². The maximum atomic E-state index is 10.3. The second-order valence-corrected chi connectivity index (χ2v) is 1.59. The third-order valence-electron chi connectivity index (χ3n) is 0.689. The summed E-state index contributed by atoms with van der Waals surface area (Å²) < 4.78 is 0. The van der Waals surface area contributed by atoms with Crippen molar-refractivity contribution in [2.45, 2.75) is 6.92 Å². The third-order valence-corrected chi connectivity index (χ3v) is 0.689. The van der Waals surface area contributed by atoms with Crippen LogP contribution in [0, 0.1) is 0 Å². The van der Waals surface area contributed by atoms with Crippen molar-refractivity contribution in [3.63, 3.8) is 0 Å². The summed E-state index contributed by atoms with van der Waals surface area (Å²) in [6, 6.07) is 0. The van der Waals surface area contributed by atoms with Gasteiger partial charge < -0.3 is 0 Å². The number of carbonyl (C=O) groups excluding carboxylic acids is 1. The number of hydrogen-bond acceptors (Lipinski definition) is 1. The summed E-state index contributed by atoms with van der Waals surface area (Å²) in [4.78, 5) is 10.3. The molecular weight excluding hydrogens is 112 g/mol. The Hall–Kier alpha value is -1.11. The molecule has 0 aromatic heterocycles. The van der Waals surface area contributed by atoms with Crippen molar-refractivity contribution in [2.75, 3.05) is 0 Å². The van der Waals surface area contributed by atoms with Crippen LogP contribution in [0.3, 0.4) is 0 Å². The van der Waals surface area contributed by atoms with Crippen molar-refractivity contribution in [3.05, 3.63) is 37.0 Å². The fourth-order valence-electron chi connectivity index (χ4n) is 0.334. The van der Waals surface area contributed by atoms with Gasteiger partial charge in [-0.15, -0.1) is 0 Å². The molecule has 9 heavy (non-hydrogen) atoms. The van der Waals surface area contributed by atoms with Crippen molar-refractivity contribution >= 4 is 5.78 Å². The van der Waals surface area contributed by atoms with Crippen LogP contribution in [0.15, 0.2) is 37.0 Å². The fraction of sp³-hybridized carbons (Fsp3) is 0.125. The van der Waals surface area contributed by atoms with Crippen molar-refractivity contribution in [3.8, 4) is 0 Å². The van der Waals surface area contributed by atoms with Gasteiger partial charge in [-0.3, -0.25) is 4.79 Å². The Balaban J connectivity index is 3.59. The zero-order chi connectivity index (χ0) is 7.11. The van der Waals surface area contributed by atoms with Crippen LogP contribution in [0.5, 0.6) is 0 Å². The van der Waals surface area contributed by atoms with E-state index in [0.29, 0.717) is 0 Å². The minimum Gasteiger partial charge on any atom is -0.295 e. The molecule has 1 nitrogen and oxygen atoms in total. The Morgan fingerprint density at radius 3 is 2.44 bits per heavy atom. The van der Waals surface area contributed by atoms with Gasteiger partial charge in [-0.25, -0.2) is 0 Å². The molecule has 0 aliphatic rings. The standard InChI is InChI=1S/C8H10O/c1-3-4-5-6-7-8(2)9/h3-7H,1H2,2H3/b5-4+,7-6-. The minimum atomic E-state index is 0.0590. The molecule has 0 radical (unpaired) electrons. The van der Waals surface area contributed by atoms with Crippen LogP contribution in [-0.2, 0) is 4.79 Å². The molecule has 0 bridgehead atoms. The first kappa shape index (κ1) is 7.89. The average molecular weight is 122 g/mol. The van der Waals surface area contributed by atoms with Gasteiger partial charge in [0.2, 0.25) is 0 Å². The minimum absolute atomic E-state index is 0.0590. The summed E-state index contributed by atoms with van der Waals surface area (Å²) in [5, 5.41) is 0. The van der Waals surface area contributed by atoms with E-state index in [1.807, 2.05) is 0 Å². The Labute approximate surface area is 55.4 Å². The Bertz CT molecular complexity index is 152. The predicted molar refractivity (Wildman–Crippen MR) is 39.2 cm³/mol. The quantitative estimate of drug-likeness (QED) is 0.412. The zero-order valence-corrected chi connectivity index (χ0v) is 5.50. The molecule has 1 heteroatoms. The number of hydrogen-bond donors (Lipinski definition) is 0. The monoisotopic (exact) mass is 122 g/mol. The molecule has 0 aromatic carbocycles. The molecule has 0 rings (SSSR count). The molecule has 0 amide bonds. The predicted octanol–water partition coefficient (Wildman–Crippen LogP) is 1.87. The van der Waals surface area contributed by atoms with Gasteiger partial charge in [0.25, 0.3) is 0 Å². The van der Waals surface area contributed by atoms with E-state index in [-0.39, 0.29) is 5.78 Å². The zero-order valence-electron chi connectivity index (χ0n) is 5.50. The van der Waals surface area contributed by atoms with Crippen LogP contribution in [0.1, 0.15) is 6.92 Å². The molecule has 0 atom stereocenters. The number of allylic oxidation sites excluding steroid dienone is 5. The van der Waals surface area contributed by atoms with Crippen LogP contribution < -0.4 is 0 Å². The van der Waals surface area contributed by atoms with E-state index in [1.54, 1.807) is 24.3 Å². The molecule has 0 aliphatic heterocycles. The van der Waals surface area contributed by atoms with Crippen LogP contribution >= 0.6 is 0 Å². The summed E-state index contributed by atoms with van der Waals surface area (Å²) in [5.41, 5.74) is 0. The molecule has 0 saturated heterocycles. The smallest absolute Gasteiger partial charge is 0.152 e. The Kier molecular flexibility index (Phi) is 4.41. The van der Waals surface area contributed by atoms with Gasteiger partial charge in [0.05, 0.1) is 0 Å². The van der Waals surface area contributed by atoms with Gasteiger partial charge in [-0.05, 0) is 13.0 Å². The first-order chi connectivity index (χ1) is 4.27. The van der Waals surface area contributed by atoms with Crippen molar-refractivity contribution in [2.24, 2.45) is 0 Å². The summed E-state index contributed by atoms with van der Waals surface area (Å²) >= 11 is 0. The summed E-state index contributed by atoms with van der Waals surface area (Å²) in [6.07, 6.45) is 8.36. The number of rotatable bonds is 3. The van der Waals surface area contributed by atoms with E-state index in [0.717, 1.165) is 0 Å². The summed E-state index contributed by atoms with van der Waals surface area (Å²) in [5.74, 6) is 0.0590. The Morgan fingerprint density at radius 1 is 1.33 bits per heavy atom. The van der Waals surface area contributed by atoms with Gasteiger partial charge in [-0.2, -0.15) is 0 Å². The Morgan fingerprint density at radius 2 is 2.00 bits per heavy atom. The highest BCUT2D eigenvalue weighted by molar-refractivity contribution is 5.87. The molecule has 0 aliphatic carbocycles. The van der Waals surface area contributed by atoms with Gasteiger partial charge in [0.1, 0.15) is 0 Å². The van der Waals surface area contributed by atoms with Gasteiger partial charge >= 0.3 is 0 Å². The lowest BCUT2D eigenvalue weighted by Crippen LogP contribution is -1.77. The molecule has 0 heterocycles. The number of carbonyl (C=O) groups is 1. The second kappa shape index (κ2) is 5.04. The highest BCUT2D eigenvalue weighted by Crippen LogP contribution is 1.78. The van der Waals surface area contributed by atoms with Gasteiger partial charge in [-0.1, -0.05) is 30.9 Å². The molecule has 0 aromatic rings. The van der Waals surface area contributed by atoms with Crippen molar-refractivity contribution in [1.29, 1.82) is 0 Å². The van der Waals surface area contributed by atoms with E-state index < -0.39 is 0 Å². The van der Waals surface area contributed by atoms with Crippen molar-refractivity contribution < 1.29 is 4.79 Å². The lowest BCUT2D eigenvalue weighted by atomic mass is 10.3. The molecule has 0 spiro atoms. The largest absolute Gasteiger partial charge is 0.295 e. The van der Waals surface area contributed by atoms with Crippen LogP contribution in [0.25, 0.3) is 0 Å². The second-order valence-electron chi connectivity index (χ2n) is 1.59. The van der Waals surface area contributed by atoms with Crippen LogP contribution in [0.4, 0.5) is 0 Å². The lowest BCUT2D eigenvalue weighted by Gasteiger charge is -1.72. The summed E-state index contributed by atoms with van der Waals surface area (Å²) in [7, 11) is 0. The fourth-order valence-corrected chi connectivity index (χ4v) is 0.334. The highest BCUT2D eigenvalue weighted by atomic mass is 16.1. The average Bonchev–Trinajstić information content (AvgIpc) is 1.80. The topological polar surface area (TPSA) is 17.1 Å².